The molecule has 0 bridgehead atoms. The molecular weight excluding hydrogens is 280 g/mol. The summed E-state index contributed by atoms with van der Waals surface area (Å²) in [6.45, 7) is 3.94. The monoisotopic (exact) mass is 298 g/mol. The molecule has 1 rings (SSSR count). The van der Waals surface area contributed by atoms with Crippen molar-refractivity contribution in [1.29, 1.82) is 0 Å². The second-order valence-electron chi connectivity index (χ2n) is 4.29. The summed E-state index contributed by atoms with van der Waals surface area (Å²) in [5.74, 6) is 1.25. The van der Waals surface area contributed by atoms with Gasteiger partial charge in [0.15, 0.2) is 0 Å². The van der Waals surface area contributed by atoms with Crippen LogP contribution in [0.1, 0.15) is 37.2 Å². The first-order chi connectivity index (χ1) is 9.35. The zero-order valence-electron chi connectivity index (χ0n) is 11.5. The van der Waals surface area contributed by atoms with Crippen LogP contribution >= 0.6 is 0 Å². The van der Waals surface area contributed by atoms with E-state index in [1.54, 1.807) is 6.92 Å². The van der Waals surface area contributed by atoms with Crippen LogP contribution in [0.5, 0.6) is 0 Å². The summed E-state index contributed by atoms with van der Waals surface area (Å²) in [5, 5.41) is 9.03. The number of hydrogen-bond donors (Lipinski definition) is 2. The lowest BCUT2D eigenvalue weighted by Gasteiger charge is -2.13. The molecule has 0 aliphatic carbocycles. The smallest absolute Gasteiger partial charge is 0.352 e. The van der Waals surface area contributed by atoms with Crippen molar-refractivity contribution in [1.82, 2.24) is 9.29 Å². The molecule has 0 aliphatic heterocycles. The van der Waals surface area contributed by atoms with Crippen LogP contribution < -0.4 is 4.72 Å². The van der Waals surface area contributed by atoms with Gasteiger partial charge in [-0.15, -0.1) is 12.3 Å². The van der Waals surface area contributed by atoms with E-state index in [1.807, 2.05) is 6.92 Å². The molecule has 7 heteroatoms. The SMILES string of the molecule is C#CCC(CC)NS(=O)(=O)c1cc(C(=O)O)n(CC)c1. The topological polar surface area (TPSA) is 88.4 Å². The van der Waals surface area contributed by atoms with E-state index in [9.17, 15) is 13.2 Å². The number of carbonyl (C=O) groups is 1. The molecule has 0 saturated carbocycles. The number of carboxylic acids is 1. The first-order valence-corrected chi connectivity index (χ1v) is 7.73. The second kappa shape index (κ2) is 6.59. The molecule has 110 valence electrons. The first kappa shape index (κ1) is 16.3. The summed E-state index contributed by atoms with van der Waals surface area (Å²) in [5.41, 5.74) is -0.0575. The van der Waals surface area contributed by atoms with Crippen molar-refractivity contribution < 1.29 is 18.3 Å². The van der Waals surface area contributed by atoms with Gasteiger partial charge in [0.05, 0.1) is 0 Å². The normalized spacial score (nSPS) is 12.8. The Bertz CT molecular complexity index is 625. The number of aromatic carboxylic acids is 1. The Hall–Kier alpha value is -1.78. The highest BCUT2D eigenvalue weighted by Crippen LogP contribution is 2.16. The fourth-order valence-corrected chi connectivity index (χ4v) is 3.13. The third-order valence-electron chi connectivity index (χ3n) is 2.92. The van der Waals surface area contributed by atoms with Crippen LogP contribution in [-0.4, -0.2) is 30.1 Å². The number of terminal acetylenes is 1. The highest BCUT2D eigenvalue weighted by Gasteiger charge is 2.23. The molecule has 0 aromatic carbocycles. The fraction of sp³-hybridized carbons (Fsp3) is 0.462. The zero-order chi connectivity index (χ0) is 15.3. The summed E-state index contributed by atoms with van der Waals surface area (Å²) in [4.78, 5) is 11.0. The van der Waals surface area contributed by atoms with Gasteiger partial charge >= 0.3 is 5.97 Å². The minimum Gasteiger partial charge on any atom is -0.477 e. The molecule has 1 aromatic heterocycles. The van der Waals surface area contributed by atoms with Gasteiger partial charge in [-0.25, -0.2) is 17.9 Å². The van der Waals surface area contributed by atoms with E-state index < -0.39 is 16.0 Å². The maximum absolute atomic E-state index is 12.2. The number of carboxylic acid groups (broad SMARTS) is 1. The largest absolute Gasteiger partial charge is 0.477 e. The average Bonchev–Trinajstić information content (AvgIpc) is 2.83. The molecule has 0 amide bonds. The Morgan fingerprint density at radius 3 is 2.60 bits per heavy atom. The predicted molar refractivity (Wildman–Crippen MR) is 74.9 cm³/mol. The van der Waals surface area contributed by atoms with Crippen LogP contribution in [0.3, 0.4) is 0 Å². The van der Waals surface area contributed by atoms with Crippen molar-refractivity contribution in [2.75, 3.05) is 0 Å². The summed E-state index contributed by atoms with van der Waals surface area (Å²) in [6.07, 6.45) is 7.35. The molecule has 0 saturated heterocycles. The first-order valence-electron chi connectivity index (χ1n) is 6.24. The van der Waals surface area contributed by atoms with Crippen molar-refractivity contribution in [2.24, 2.45) is 0 Å². The summed E-state index contributed by atoms with van der Waals surface area (Å²) in [7, 11) is -3.77. The van der Waals surface area contributed by atoms with E-state index in [-0.39, 0.29) is 23.1 Å². The quantitative estimate of drug-likeness (QED) is 0.742. The summed E-state index contributed by atoms with van der Waals surface area (Å²) >= 11 is 0. The minimum absolute atomic E-state index is 0.0575. The van der Waals surface area contributed by atoms with Crippen molar-refractivity contribution >= 4 is 16.0 Å². The molecule has 1 aromatic rings. The third kappa shape index (κ3) is 3.62. The predicted octanol–water partition coefficient (Wildman–Crippen LogP) is 1.29. The molecule has 0 radical (unpaired) electrons. The maximum atomic E-state index is 12.2. The standard InChI is InChI=1S/C13H18N2O4S/c1-4-7-10(5-2)14-20(18,19)11-8-12(13(16)17)15(6-3)9-11/h1,8-10,14H,5-7H2,2-3H3,(H,16,17). The van der Waals surface area contributed by atoms with Gasteiger partial charge in [-0.2, -0.15) is 0 Å². The van der Waals surface area contributed by atoms with Gasteiger partial charge in [0.2, 0.25) is 10.0 Å². The van der Waals surface area contributed by atoms with Gasteiger partial charge in [-0.05, 0) is 19.4 Å². The molecule has 6 nitrogen and oxygen atoms in total. The average molecular weight is 298 g/mol. The molecule has 1 unspecified atom stereocenters. The maximum Gasteiger partial charge on any atom is 0.352 e. The van der Waals surface area contributed by atoms with Crippen LogP contribution in [0.25, 0.3) is 0 Å². The lowest BCUT2D eigenvalue weighted by molar-refractivity contribution is 0.0685. The van der Waals surface area contributed by atoms with Gasteiger partial charge in [-0.3, -0.25) is 0 Å². The second-order valence-corrected chi connectivity index (χ2v) is 6.00. The van der Waals surface area contributed by atoms with Crippen LogP contribution in [0.2, 0.25) is 0 Å². The Labute approximate surface area is 118 Å². The lowest BCUT2D eigenvalue weighted by Crippen LogP contribution is -2.33. The van der Waals surface area contributed by atoms with E-state index in [4.69, 9.17) is 11.5 Å². The number of nitrogens with zero attached hydrogens (tertiary/aromatic N) is 1. The van der Waals surface area contributed by atoms with Crippen LogP contribution in [-0.2, 0) is 16.6 Å². The number of hydrogen-bond acceptors (Lipinski definition) is 3. The molecule has 1 atom stereocenters. The van der Waals surface area contributed by atoms with Crippen molar-refractivity contribution in [2.45, 2.75) is 44.2 Å². The Balaban J connectivity index is 3.10. The zero-order valence-corrected chi connectivity index (χ0v) is 12.3. The summed E-state index contributed by atoms with van der Waals surface area (Å²) < 4.78 is 28.3. The molecule has 20 heavy (non-hydrogen) atoms. The van der Waals surface area contributed by atoms with Crippen molar-refractivity contribution in [3.05, 3.63) is 18.0 Å². The van der Waals surface area contributed by atoms with E-state index in [0.29, 0.717) is 13.0 Å². The third-order valence-corrected chi connectivity index (χ3v) is 4.41. The number of sulfonamides is 1. The Morgan fingerprint density at radius 1 is 1.55 bits per heavy atom. The molecular formula is C13H18N2O4S. The number of aromatic nitrogens is 1. The van der Waals surface area contributed by atoms with Gasteiger partial charge < -0.3 is 9.67 Å². The minimum atomic E-state index is -3.77. The highest BCUT2D eigenvalue weighted by molar-refractivity contribution is 7.89. The molecule has 2 N–H and O–H groups in total. The Morgan fingerprint density at radius 2 is 2.20 bits per heavy atom. The Kier molecular flexibility index (Phi) is 5.36. The van der Waals surface area contributed by atoms with Gasteiger partial charge in [-0.1, -0.05) is 6.92 Å². The summed E-state index contributed by atoms with van der Waals surface area (Å²) in [6, 6.07) is 0.791. The van der Waals surface area contributed by atoms with Crippen LogP contribution in [0, 0.1) is 12.3 Å². The van der Waals surface area contributed by atoms with E-state index in [0.717, 1.165) is 6.07 Å². The number of aryl methyl sites for hydroxylation is 1. The highest BCUT2D eigenvalue weighted by atomic mass is 32.2. The lowest BCUT2D eigenvalue weighted by atomic mass is 10.2. The molecule has 0 fully saturated rings. The van der Waals surface area contributed by atoms with Gasteiger partial charge in [0.25, 0.3) is 0 Å². The van der Waals surface area contributed by atoms with Crippen LogP contribution in [0.4, 0.5) is 0 Å². The van der Waals surface area contributed by atoms with Crippen molar-refractivity contribution in [3.8, 4) is 12.3 Å². The van der Waals surface area contributed by atoms with Crippen LogP contribution in [0.15, 0.2) is 17.2 Å². The van der Waals surface area contributed by atoms with E-state index in [2.05, 4.69) is 10.6 Å². The molecule has 0 spiro atoms. The molecule has 1 heterocycles. The van der Waals surface area contributed by atoms with Gasteiger partial charge in [0, 0.05) is 25.2 Å². The molecule has 0 aliphatic rings. The van der Waals surface area contributed by atoms with E-state index in [1.165, 1.54) is 10.8 Å². The van der Waals surface area contributed by atoms with Gasteiger partial charge in [0.1, 0.15) is 10.6 Å². The van der Waals surface area contributed by atoms with Crippen molar-refractivity contribution in [3.63, 3.8) is 0 Å². The number of rotatable bonds is 7. The number of nitrogens with one attached hydrogen (secondary N) is 1. The van der Waals surface area contributed by atoms with E-state index >= 15 is 0 Å². The fourth-order valence-electron chi connectivity index (χ4n) is 1.77.